The Morgan fingerprint density at radius 1 is 0.915 bits per heavy atom. The first-order valence-electron chi connectivity index (χ1n) is 19.1. The number of ether oxygens (including phenoxy) is 2. The van der Waals surface area contributed by atoms with Crippen LogP contribution in [0.2, 0.25) is 0 Å². The summed E-state index contributed by atoms with van der Waals surface area (Å²) in [5.41, 5.74) is 3.44. The molecule has 47 heavy (non-hydrogen) atoms. The van der Waals surface area contributed by atoms with Gasteiger partial charge in [0.05, 0.1) is 19.6 Å². The molecule has 5 aliphatic carbocycles. The Balaban J connectivity index is 1.14. The topological polar surface area (TPSA) is 52.6 Å². The molecule has 4 nitrogen and oxygen atoms in total. The van der Waals surface area contributed by atoms with Crippen molar-refractivity contribution in [2.24, 2.45) is 62.6 Å². The fraction of sp³-hybridized carbons (Fsp3) is 0.767. The lowest BCUT2D eigenvalue weighted by atomic mass is 9.32. The standard InChI is InChI=1S/C43H64O4/c1-29(2)32-16-21-43(24-25-44)23-22-41(7)33(38(32)43)14-15-35-40(6)19-18-36(39(4,5)34(40)17-20-42(35,41)8)47-37(45)26-30(3)27-46-28-31-12-10-9-11-13-31/h9-13,25,30,32-36,38H,1,14-24,26-28H2,2-8H3/t30?,32-,33+,34-,35?,36-,38+,40-,41+,42+,43+/m0/s1. The minimum atomic E-state index is -0.0687. The Morgan fingerprint density at radius 3 is 2.36 bits per heavy atom. The van der Waals surface area contributed by atoms with E-state index in [9.17, 15) is 9.59 Å². The molecular formula is C43H64O4. The van der Waals surface area contributed by atoms with E-state index in [4.69, 9.17) is 9.47 Å². The molecule has 0 spiro atoms. The maximum Gasteiger partial charge on any atom is 0.306 e. The predicted octanol–water partition coefficient (Wildman–Crippen LogP) is 10.4. The van der Waals surface area contributed by atoms with Gasteiger partial charge in [0.15, 0.2) is 0 Å². The van der Waals surface area contributed by atoms with Gasteiger partial charge < -0.3 is 14.3 Å². The van der Waals surface area contributed by atoms with Crippen LogP contribution in [0.1, 0.15) is 131 Å². The Bertz CT molecular complexity index is 1320. The van der Waals surface area contributed by atoms with E-state index in [-0.39, 0.29) is 45.1 Å². The van der Waals surface area contributed by atoms with E-state index in [0.29, 0.717) is 49.2 Å². The van der Waals surface area contributed by atoms with Crippen molar-refractivity contribution >= 4 is 12.3 Å². The molecule has 0 radical (unpaired) electrons. The van der Waals surface area contributed by atoms with Gasteiger partial charge in [0, 0.05) is 11.8 Å². The number of carbonyl (C=O) groups is 2. The number of hydrogen-bond acceptors (Lipinski definition) is 4. The molecule has 5 aliphatic rings. The highest BCUT2D eigenvalue weighted by Crippen LogP contribution is 2.77. The second-order valence-electron chi connectivity index (χ2n) is 18.6. The summed E-state index contributed by atoms with van der Waals surface area (Å²) in [6, 6.07) is 10.2. The highest BCUT2D eigenvalue weighted by Gasteiger charge is 2.71. The summed E-state index contributed by atoms with van der Waals surface area (Å²) >= 11 is 0. The smallest absolute Gasteiger partial charge is 0.306 e. The zero-order valence-corrected chi connectivity index (χ0v) is 30.7. The van der Waals surface area contributed by atoms with Crippen molar-refractivity contribution in [3.63, 3.8) is 0 Å². The molecule has 0 amide bonds. The summed E-state index contributed by atoms with van der Waals surface area (Å²) in [4.78, 5) is 25.3. The second-order valence-corrected chi connectivity index (χ2v) is 18.6. The number of fused-ring (bicyclic) bond motifs is 7. The van der Waals surface area contributed by atoms with Gasteiger partial charge >= 0.3 is 5.97 Å². The molecule has 4 heteroatoms. The van der Waals surface area contributed by atoms with Crippen molar-refractivity contribution in [1.82, 2.24) is 0 Å². The van der Waals surface area contributed by atoms with E-state index < -0.39 is 0 Å². The number of hydrogen-bond donors (Lipinski definition) is 0. The summed E-state index contributed by atoms with van der Waals surface area (Å²) < 4.78 is 12.3. The van der Waals surface area contributed by atoms with Gasteiger partial charge in [-0.2, -0.15) is 0 Å². The first kappa shape index (κ1) is 34.9. The summed E-state index contributed by atoms with van der Waals surface area (Å²) in [5.74, 6) is 3.11. The number of carbonyl (C=O) groups excluding carboxylic acids is 2. The van der Waals surface area contributed by atoms with E-state index >= 15 is 0 Å². The first-order chi connectivity index (χ1) is 22.2. The van der Waals surface area contributed by atoms with Crippen molar-refractivity contribution in [3.05, 3.63) is 48.0 Å². The molecule has 0 aromatic heterocycles. The third kappa shape index (κ3) is 5.69. The molecule has 5 saturated carbocycles. The third-order valence-electron chi connectivity index (χ3n) is 16.0. The van der Waals surface area contributed by atoms with Gasteiger partial charge in [0.25, 0.3) is 0 Å². The fourth-order valence-corrected chi connectivity index (χ4v) is 13.5. The molecule has 1 aromatic carbocycles. The van der Waals surface area contributed by atoms with Gasteiger partial charge in [-0.05, 0) is 134 Å². The van der Waals surface area contributed by atoms with E-state index in [1.807, 2.05) is 18.2 Å². The largest absolute Gasteiger partial charge is 0.462 e. The lowest BCUT2D eigenvalue weighted by Gasteiger charge is -2.73. The van der Waals surface area contributed by atoms with E-state index in [1.54, 1.807) is 0 Å². The molecule has 11 atom stereocenters. The lowest BCUT2D eigenvalue weighted by Crippen LogP contribution is -2.66. The number of rotatable bonds is 10. The maximum absolute atomic E-state index is 13.3. The highest BCUT2D eigenvalue weighted by atomic mass is 16.5. The second kappa shape index (κ2) is 12.7. The molecular weight excluding hydrogens is 580 g/mol. The molecule has 0 N–H and O–H groups in total. The van der Waals surface area contributed by atoms with Crippen LogP contribution in [0.5, 0.6) is 0 Å². The number of benzene rings is 1. The van der Waals surface area contributed by atoms with Crippen LogP contribution in [0.4, 0.5) is 0 Å². The highest BCUT2D eigenvalue weighted by molar-refractivity contribution is 5.70. The van der Waals surface area contributed by atoms with Crippen LogP contribution < -0.4 is 0 Å². The first-order valence-corrected chi connectivity index (χ1v) is 19.1. The Labute approximate surface area is 286 Å². The van der Waals surface area contributed by atoms with Crippen LogP contribution in [-0.4, -0.2) is 25.0 Å². The quantitative estimate of drug-likeness (QED) is 0.144. The van der Waals surface area contributed by atoms with Gasteiger partial charge in [-0.3, -0.25) is 4.79 Å². The average molecular weight is 645 g/mol. The lowest BCUT2D eigenvalue weighted by molar-refractivity contribution is -0.250. The summed E-state index contributed by atoms with van der Waals surface area (Å²) in [7, 11) is 0. The number of esters is 1. The molecule has 0 saturated heterocycles. The van der Waals surface area contributed by atoms with Crippen LogP contribution >= 0.6 is 0 Å². The summed E-state index contributed by atoms with van der Waals surface area (Å²) in [6.07, 6.45) is 14.4. The van der Waals surface area contributed by atoms with E-state index in [2.05, 4.69) is 67.2 Å². The summed E-state index contributed by atoms with van der Waals surface area (Å²) in [5, 5.41) is 0. The zero-order chi connectivity index (χ0) is 33.8. The van der Waals surface area contributed by atoms with Gasteiger partial charge in [-0.1, -0.05) is 84.0 Å². The van der Waals surface area contributed by atoms with Crippen molar-refractivity contribution < 1.29 is 19.1 Å². The van der Waals surface area contributed by atoms with Crippen molar-refractivity contribution in [3.8, 4) is 0 Å². The van der Waals surface area contributed by atoms with Crippen LogP contribution in [-0.2, 0) is 25.7 Å². The molecule has 0 bridgehead atoms. The molecule has 5 fully saturated rings. The average Bonchev–Trinajstić information content (AvgIpc) is 3.39. The van der Waals surface area contributed by atoms with E-state index in [1.165, 1.54) is 63.2 Å². The summed E-state index contributed by atoms with van der Waals surface area (Å²) in [6.45, 7) is 22.8. The SMILES string of the molecule is C=C(C)[C@@H]1CC[C@]2(CC=O)CC[C@]3(C)[C@H](CCC4[C@@]5(C)CC[C@H](OC(=O)CC(C)COCc6ccccc6)C(C)(C)[C@@H]5CC[C@]43C)[C@@H]12. The van der Waals surface area contributed by atoms with Crippen molar-refractivity contribution in [1.29, 1.82) is 0 Å². The van der Waals surface area contributed by atoms with Crippen molar-refractivity contribution in [2.45, 2.75) is 138 Å². The number of aldehydes is 1. The van der Waals surface area contributed by atoms with Crippen LogP contribution in [0.3, 0.4) is 0 Å². The minimum Gasteiger partial charge on any atom is -0.462 e. The Morgan fingerprint density at radius 2 is 1.66 bits per heavy atom. The van der Waals surface area contributed by atoms with Gasteiger partial charge in [-0.15, -0.1) is 0 Å². The molecule has 0 heterocycles. The molecule has 6 rings (SSSR count). The van der Waals surface area contributed by atoms with E-state index in [0.717, 1.165) is 24.8 Å². The monoisotopic (exact) mass is 644 g/mol. The molecule has 0 aliphatic heterocycles. The molecule has 260 valence electrons. The normalized spacial score (nSPS) is 42.6. The van der Waals surface area contributed by atoms with Gasteiger partial charge in [0.2, 0.25) is 0 Å². The zero-order valence-electron chi connectivity index (χ0n) is 30.7. The van der Waals surface area contributed by atoms with Crippen molar-refractivity contribution in [2.75, 3.05) is 6.61 Å². The van der Waals surface area contributed by atoms with Gasteiger partial charge in [0.1, 0.15) is 12.4 Å². The minimum absolute atomic E-state index is 0.0322. The number of allylic oxidation sites excluding steroid dienone is 1. The molecule has 1 aromatic rings. The van der Waals surface area contributed by atoms with Gasteiger partial charge in [-0.25, -0.2) is 0 Å². The fourth-order valence-electron chi connectivity index (χ4n) is 13.5. The Kier molecular flexibility index (Phi) is 9.47. The predicted molar refractivity (Wildman–Crippen MR) is 189 cm³/mol. The maximum atomic E-state index is 13.3. The van der Waals surface area contributed by atoms with Crippen LogP contribution in [0.15, 0.2) is 42.5 Å². The third-order valence-corrected chi connectivity index (χ3v) is 16.0. The molecule has 2 unspecified atom stereocenters. The Hall–Kier alpha value is -1.94. The van der Waals surface area contributed by atoms with Crippen LogP contribution in [0, 0.1) is 62.6 Å². The van der Waals surface area contributed by atoms with Crippen LogP contribution in [0.25, 0.3) is 0 Å².